The number of aliphatic hydroxyl groups is 1. The summed E-state index contributed by atoms with van der Waals surface area (Å²) in [5, 5.41) is 13.1. The average molecular weight is 371 g/mol. The van der Waals surface area contributed by atoms with Crippen molar-refractivity contribution in [3.05, 3.63) is 29.3 Å². The first kappa shape index (κ1) is 20.2. The van der Waals surface area contributed by atoms with Crippen LogP contribution in [0.2, 0.25) is 0 Å². The zero-order chi connectivity index (χ0) is 15.6. The van der Waals surface area contributed by atoms with Crippen LogP contribution in [0.1, 0.15) is 44.4 Å². The van der Waals surface area contributed by atoms with Crippen LogP contribution in [-0.4, -0.2) is 17.2 Å². The summed E-state index contributed by atoms with van der Waals surface area (Å²) < 4.78 is 38.2. The van der Waals surface area contributed by atoms with Crippen molar-refractivity contribution < 1.29 is 18.3 Å². The number of nitrogens with one attached hydrogen (secondary N) is 1. The lowest BCUT2D eigenvalue weighted by atomic mass is 10.00. The summed E-state index contributed by atoms with van der Waals surface area (Å²) in [6, 6.07) is 3.49. The Morgan fingerprint density at radius 3 is 2.33 bits per heavy atom. The predicted molar refractivity (Wildman–Crippen MR) is 83.5 cm³/mol. The van der Waals surface area contributed by atoms with Gasteiger partial charge in [-0.2, -0.15) is 13.2 Å². The van der Waals surface area contributed by atoms with Crippen LogP contribution in [0.15, 0.2) is 18.2 Å². The fraction of sp³-hybridized carbons (Fsp3) is 0.571. The second-order valence-corrected chi connectivity index (χ2v) is 5.48. The van der Waals surface area contributed by atoms with Gasteiger partial charge in [-0.25, -0.2) is 0 Å². The third-order valence-corrected chi connectivity index (χ3v) is 3.43. The molecule has 21 heavy (non-hydrogen) atoms. The normalized spacial score (nSPS) is 13.7. The molecule has 0 amide bonds. The molecule has 0 heterocycles. The molecular weight excluding hydrogens is 349 g/mol. The Kier molecular flexibility index (Phi) is 7.19. The van der Waals surface area contributed by atoms with Crippen molar-refractivity contribution >= 4 is 22.7 Å². The highest BCUT2D eigenvalue weighted by Crippen LogP contribution is 2.35. The first-order valence-corrected chi connectivity index (χ1v) is 6.46. The van der Waals surface area contributed by atoms with Crippen molar-refractivity contribution in [1.82, 2.24) is 5.32 Å². The predicted octanol–water partition coefficient (Wildman–Crippen LogP) is 3.68. The molecule has 0 aliphatic carbocycles. The first-order valence-electron chi connectivity index (χ1n) is 6.46. The van der Waals surface area contributed by atoms with Crippen LogP contribution in [0.3, 0.4) is 0 Å². The number of benzene rings is 1. The largest absolute Gasteiger partial charge is 0.418 e. The molecule has 0 aromatic heterocycles. The molecule has 1 aromatic rings. The number of aliphatic hydroxyl groups excluding tert-OH is 1. The zero-order valence-corrected chi connectivity index (χ0v) is 14.0. The standard InChI is InChI=1S/C14H21F3N2O.BrH/c1-4-13(2,3)19-8-12(20)9-5-6-11(18)10(7-9)14(15,16)17;/h5-7,12,19-20H,4,8,18H2,1-3H3;1H. The highest BCUT2D eigenvalue weighted by molar-refractivity contribution is 8.93. The van der Waals surface area contributed by atoms with Gasteiger partial charge in [0.2, 0.25) is 0 Å². The van der Waals surface area contributed by atoms with Crippen LogP contribution in [0.4, 0.5) is 18.9 Å². The SMILES string of the molecule is Br.CCC(C)(C)NCC(O)c1ccc(N)c(C(F)(F)F)c1. The second kappa shape index (κ2) is 7.47. The van der Waals surface area contributed by atoms with Crippen molar-refractivity contribution in [3.8, 4) is 0 Å². The maximum absolute atomic E-state index is 12.7. The number of β-amino-alcohol motifs (C(OH)–C–C–N with tert-alkyl or cyclic N) is 1. The maximum atomic E-state index is 12.7. The van der Waals surface area contributed by atoms with E-state index in [2.05, 4.69) is 5.32 Å². The number of anilines is 1. The van der Waals surface area contributed by atoms with Gasteiger partial charge in [-0.1, -0.05) is 13.0 Å². The summed E-state index contributed by atoms with van der Waals surface area (Å²) in [6.07, 6.45) is -4.69. The van der Waals surface area contributed by atoms with Gasteiger partial charge in [0.15, 0.2) is 0 Å². The van der Waals surface area contributed by atoms with E-state index >= 15 is 0 Å². The van der Waals surface area contributed by atoms with E-state index in [1.807, 2.05) is 20.8 Å². The van der Waals surface area contributed by atoms with E-state index in [1.54, 1.807) is 0 Å². The zero-order valence-electron chi connectivity index (χ0n) is 12.3. The molecule has 0 bridgehead atoms. The Morgan fingerprint density at radius 2 is 1.86 bits per heavy atom. The minimum absolute atomic E-state index is 0. The molecule has 0 spiro atoms. The molecule has 1 atom stereocenters. The molecule has 122 valence electrons. The molecular formula is C14H22BrF3N2O. The highest BCUT2D eigenvalue weighted by atomic mass is 79.9. The molecule has 0 saturated carbocycles. The number of alkyl halides is 3. The van der Waals surface area contributed by atoms with E-state index in [-0.39, 0.29) is 40.3 Å². The van der Waals surface area contributed by atoms with Gasteiger partial charge in [0, 0.05) is 17.8 Å². The number of nitrogens with two attached hydrogens (primary N) is 1. The number of halogens is 4. The van der Waals surface area contributed by atoms with Gasteiger partial charge in [0.25, 0.3) is 0 Å². The van der Waals surface area contributed by atoms with E-state index < -0.39 is 17.8 Å². The molecule has 1 unspecified atom stereocenters. The fourth-order valence-corrected chi connectivity index (χ4v) is 1.64. The Hall–Kier alpha value is -0.790. The summed E-state index contributed by atoms with van der Waals surface area (Å²) >= 11 is 0. The van der Waals surface area contributed by atoms with Crippen LogP contribution in [0.5, 0.6) is 0 Å². The number of rotatable bonds is 5. The molecule has 1 rings (SSSR count). The van der Waals surface area contributed by atoms with Crippen molar-refractivity contribution in [2.24, 2.45) is 0 Å². The Bertz CT molecular complexity index is 464. The lowest BCUT2D eigenvalue weighted by Crippen LogP contribution is -2.40. The van der Waals surface area contributed by atoms with Gasteiger partial charge in [-0.3, -0.25) is 0 Å². The average Bonchev–Trinajstić information content (AvgIpc) is 2.35. The molecule has 0 saturated heterocycles. The van der Waals surface area contributed by atoms with Gasteiger partial charge in [0.05, 0.1) is 11.7 Å². The van der Waals surface area contributed by atoms with Crippen LogP contribution < -0.4 is 11.1 Å². The summed E-state index contributed by atoms with van der Waals surface area (Å²) in [6.45, 7) is 6.10. The molecule has 0 aliphatic rings. The minimum atomic E-state index is -4.52. The van der Waals surface area contributed by atoms with Crippen LogP contribution in [0.25, 0.3) is 0 Å². The van der Waals surface area contributed by atoms with Crippen LogP contribution in [0, 0.1) is 0 Å². The monoisotopic (exact) mass is 370 g/mol. The summed E-state index contributed by atoms with van der Waals surface area (Å²) in [7, 11) is 0. The third-order valence-electron chi connectivity index (χ3n) is 3.43. The van der Waals surface area contributed by atoms with Crippen LogP contribution >= 0.6 is 17.0 Å². The van der Waals surface area contributed by atoms with Crippen molar-refractivity contribution in [1.29, 1.82) is 0 Å². The lowest BCUT2D eigenvalue weighted by molar-refractivity contribution is -0.137. The maximum Gasteiger partial charge on any atom is 0.418 e. The highest BCUT2D eigenvalue weighted by Gasteiger charge is 2.33. The van der Waals surface area contributed by atoms with E-state index in [1.165, 1.54) is 12.1 Å². The van der Waals surface area contributed by atoms with Crippen molar-refractivity contribution in [2.45, 2.75) is 45.0 Å². The summed E-state index contributed by atoms with van der Waals surface area (Å²) in [4.78, 5) is 0. The minimum Gasteiger partial charge on any atom is -0.398 e. The summed E-state index contributed by atoms with van der Waals surface area (Å²) in [5.74, 6) is 0. The summed E-state index contributed by atoms with van der Waals surface area (Å²) in [5.41, 5.74) is 4.09. The molecule has 7 heteroatoms. The smallest absolute Gasteiger partial charge is 0.398 e. The molecule has 1 aromatic carbocycles. The topological polar surface area (TPSA) is 58.3 Å². The van der Waals surface area contributed by atoms with E-state index in [0.29, 0.717) is 0 Å². The van der Waals surface area contributed by atoms with E-state index in [9.17, 15) is 18.3 Å². The van der Waals surface area contributed by atoms with Gasteiger partial charge in [0.1, 0.15) is 0 Å². The molecule has 0 radical (unpaired) electrons. The Balaban J connectivity index is 0.00000400. The van der Waals surface area contributed by atoms with Gasteiger partial charge in [-0.15, -0.1) is 17.0 Å². The van der Waals surface area contributed by atoms with E-state index in [4.69, 9.17) is 5.73 Å². The van der Waals surface area contributed by atoms with Crippen LogP contribution in [-0.2, 0) is 6.18 Å². The third kappa shape index (κ3) is 5.84. The van der Waals surface area contributed by atoms with Crippen molar-refractivity contribution in [3.63, 3.8) is 0 Å². The molecule has 0 aliphatic heterocycles. The quantitative estimate of drug-likeness (QED) is 0.693. The van der Waals surface area contributed by atoms with Gasteiger partial charge in [-0.05, 0) is 38.0 Å². The lowest BCUT2D eigenvalue weighted by Gasteiger charge is -2.26. The van der Waals surface area contributed by atoms with E-state index in [0.717, 1.165) is 12.5 Å². The molecule has 3 nitrogen and oxygen atoms in total. The fourth-order valence-electron chi connectivity index (χ4n) is 1.64. The number of hydrogen-bond acceptors (Lipinski definition) is 3. The molecule has 4 N–H and O–H groups in total. The number of hydrogen-bond donors (Lipinski definition) is 3. The Morgan fingerprint density at radius 1 is 1.29 bits per heavy atom. The second-order valence-electron chi connectivity index (χ2n) is 5.48. The first-order chi connectivity index (χ1) is 9.07. The number of nitrogen functional groups attached to an aromatic ring is 1. The van der Waals surface area contributed by atoms with Gasteiger partial charge < -0.3 is 16.2 Å². The van der Waals surface area contributed by atoms with Gasteiger partial charge >= 0.3 is 6.18 Å². The van der Waals surface area contributed by atoms with Crippen molar-refractivity contribution in [2.75, 3.05) is 12.3 Å². The molecule has 0 fully saturated rings. The Labute approximate surface area is 133 Å².